The average molecular weight is 490 g/mol. The number of unbranched alkanes of at least 4 members (excludes halogenated alkanes) is 3. The molecule has 0 aromatic heterocycles. The molecule has 168 valence electrons. The lowest BCUT2D eigenvalue weighted by Crippen LogP contribution is -2.45. The number of alkyl halides is 2. The van der Waals surface area contributed by atoms with Crippen LogP contribution in [-0.2, 0) is 15.5 Å². The van der Waals surface area contributed by atoms with Crippen LogP contribution in [0, 0.1) is 0 Å². The maximum atomic E-state index is 14.6. The molecule has 0 aliphatic carbocycles. The maximum absolute atomic E-state index is 14.6. The number of carboxylic acids is 1. The maximum Gasteiger partial charge on any atom is 0.303 e. The molecule has 1 aliphatic heterocycles. The number of nitrogens with zero attached hydrogens (tertiary/aromatic N) is 1. The second-order valence-corrected chi connectivity index (χ2v) is 8.83. The van der Waals surface area contributed by atoms with Gasteiger partial charge in [0.1, 0.15) is 6.10 Å². The van der Waals surface area contributed by atoms with Crippen LogP contribution in [-0.4, -0.2) is 45.7 Å². The summed E-state index contributed by atoms with van der Waals surface area (Å²) in [5.41, 5.74) is -0.234. The molecule has 1 heterocycles. The Morgan fingerprint density at radius 1 is 1.27 bits per heavy atom. The van der Waals surface area contributed by atoms with E-state index in [1.54, 1.807) is 11.0 Å². The zero-order valence-corrected chi connectivity index (χ0v) is 18.6. The zero-order valence-electron chi connectivity index (χ0n) is 17.0. The molecule has 1 amide bonds. The van der Waals surface area contributed by atoms with Gasteiger partial charge < -0.3 is 15.1 Å². The van der Waals surface area contributed by atoms with Gasteiger partial charge >= 0.3 is 5.97 Å². The molecule has 30 heavy (non-hydrogen) atoms. The average Bonchev–Trinajstić information content (AvgIpc) is 2.69. The third-order valence-electron chi connectivity index (χ3n) is 5.63. The predicted octanol–water partition coefficient (Wildman–Crippen LogP) is 5.10. The van der Waals surface area contributed by atoms with E-state index >= 15 is 0 Å². The van der Waals surface area contributed by atoms with Crippen molar-refractivity contribution < 1.29 is 28.6 Å². The fourth-order valence-corrected chi connectivity index (χ4v) is 4.33. The molecule has 1 fully saturated rings. The van der Waals surface area contributed by atoms with Crippen LogP contribution in [0.2, 0.25) is 0 Å². The highest BCUT2D eigenvalue weighted by Gasteiger charge is 2.41. The summed E-state index contributed by atoms with van der Waals surface area (Å²) in [6.45, 7) is 0.550. The second kappa shape index (κ2) is 11.7. The number of amides is 1. The smallest absolute Gasteiger partial charge is 0.303 e. The Morgan fingerprint density at radius 3 is 2.70 bits per heavy atom. The normalized spacial score (nSPS) is 18.5. The number of carbonyl (C=O) groups excluding carboxylic acids is 1. The Labute approximate surface area is 184 Å². The Bertz CT molecular complexity index is 716. The minimum Gasteiger partial charge on any atom is -0.481 e. The molecule has 5 nitrogen and oxygen atoms in total. The van der Waals surface area contributed by atoms with Crippen molar-refractivity contribution in [2.24, 2.45) is 0 Å². The molecule has 0 saturated carbocycles. The van der Waals surface area contributed by atoms with Crippen molar-refractivity contribution in [3.05, 3.63) is 34.3 Å². The van der Waals surface area contributed by atoms with Crippen LogP contribution in [0.25, 0.3) is 0 Å². The van der Waals surface area contributed by atoms with Gasteiger partial charge in [-0.15, -0.1) is 0 Å². The second-order valence-electron chi connectivity index (χ2n) is 7.92. The molecule has 0 radical (unpaired) electrons. The SMILES string of the molecule is O=C(O)CCCCCCN1C(=O)CCCC1CCC(O)C(F)(F)c1cccc(Br)c1. The number of hydrogen-bond donors (Lipinski definition) is 2. The van der Waals surface area contributed by atoms with Crippen molar-refractivity contribution in [1.29, 1.82) is 0 Å². The molecule has 2 rings (SSSR count). The van der Waals surface area contributed by atoms with Gasteiger partial charge in [-0.3, -0.25) is 9.59 Å². The summed E-state index contributed by atoms with van der Waals surface area (Å²) in [5.74, 6) is -4.14. The van der Waals surface area contributed by atoms with E-state index in [0.29, 0.717) is 30.3 Å². The number of halogens is 3. The summed E-state index contributed by atoms with van der Waals surface area (Å²) < 4.78 is 29.8. The monoisotopic (exact) mass is 489 g/mol. The van der Waals surface area contributed by atoms with E-state index in [0.717, 1.165) is 32.1 Å². The lowest BCUT2D eigenvalue weighted by atomic mass is 9.92. The summed E-state index contributed by atoms with van der Waals surface area (Å²) in [7, 11) is 0. The van der Waals surface area contributed by atoms with Gasteiger partial charge in [-0.2, -0.15) is 8.78 Å². The summed E-state index contributed by atoms with van der Waals surface area (Å²) in [4.78, 5) is 24.7. The van der Waals surface area contributed by atoms with Crippen LogP contribution in [0.1, 0.15) is 69.8 Å². The van der Waals surface area contributed by atoms with Crippen LogP contribution < -0.4 is 0 Å². The van der Waals surface area contributed by atoms with E-state index in [-0.39, 0.29) is 30.4 Å². The Kier molecular flexibility index (Phi) is 9.68. The molecule has 8 heteroatoms. The standard InChI is InChI=1S/C22H30BrF2NO4/c23-17-8-5-7-16(15-17)22(24,25)19(27)13-12-18-9-6-10-20(28)26(18)14-4-2-1-3-11-21(29)30/h5,7-8,15,18-19,27H,1-4,6,9-14H2,(H,29,30). The predicted molar refractivity (Wildman–Crippen MR) is 113 cm³/mol. The Morgan fingerprint density at radius 2 is 2.00 bits per heavy atom. The molecule has 2 unspecified atom stereocenters. The van der Waals surface area contributed by atoms with Crippen molar-refractivity contribution in [3.8, 4) is 0 Å². The van der Waals surface area contributed by atoms with Gasteiger partial charge in [-0.25, -0.2) is 0 Å². The zero-order chi connectivity index (χ0) is 22.1. The van der Waals surface area contributed by atoms with Crippen LogP contribution in [0.3, 0.4) is 0 Å². The fourth-order valence-electron chi connectivity index (χ4n) is 3.93. The first-order chi connectivity index (χ1) is 14.2. The van der Waals surface area contributed by atoms with E-state index in [4.69, 9.17) is 5.11 Å². The molecule has 2 atom stereocenters. The summed E-state index contributed by atoms with van der Waals surface area (Å²) in [6, 6.07) is 5.63. The first kappa shape index (κ1) is 24.7. The van der Waals surface area contributed by atoms with Crippen LogP contribution in [0.15, 0.2) is 28.7 Å². The van der Waals surface area contributed by atoms with Crippen molar-refractivity contribution in [3.63, 3.8) is 0 Å². The van der Waals surface area contributed by atoms with Gasteiger partial charge in [-0.05, 0) is 50.7 Å². The number of piperidine rings is 1. The first-order valence-electron chi connectivity index (χ1n) is 10.5. The highest BCUT2D eigenvalue weighted by atomic mass is 79.9. The highest BCUT2D eigenvalue weighted by Crippen LogP contribution is 2.36. The van der Waals surface area contributed by atoms with E-state index in [9.17, 15) is 23.5 Å². The van der Waals surface area contributed by atoms with Crippen LogP contribution >= 0.6 is 15.9 Å². The molecule has 1 saturated heterocycles. The first-order valence-corrected chi connectivity index (χ1v) is 11.3. The van der Waals surface area contributed by atoms with Gasteiger partial charge in [0.05, 0.1) is 0 Å². The summed E-state index contributed by atoms with van der Waals surface area (Å²) >= 11 is 3.18. The Hall–Kier alpha value is -1.54. The molecule has 0 spiro atoms. The number of likely N-dealkylation sites (tertiary alicyclic amines) is 1. The third kappa shape index (κ3) is 7.30. The van der Waals surface area contributed by atoms with Crippen LogP contribution in [0.5, 0.6) is 0 Å². The van der Waals surface area contributed by atoms with E-state index in [1.165, 1.54) is 18.2 Å². The quantitative estimate of drug-likeness (QED) is 0.400. The third-order valence-corrected chi connectivity index (χ3v) is 6.12. The minimum absolute atomic E-state index is 0.0324. The largest absolute Gasteiger partial charge is 0.481 e. The van der Waals surface area contributed by atoms with Gasteiger partial charge in [0.25, 0.3) is 5.92 Å². The lowest BCUT2D eigenvalue weighted by Gasteiger charge is -2.37. The molecular formula is C22H30BrF2NO4. The number of hydrogen-bond acceptors (Lipinski definition) is 3. The molecule has 1 aliphatic rings. The van der Waals surface area contributed by atoms with Gasteiger partial charge in [0.2, 0.25) is 5.91 Å². The highest BCUT2D eigenvalue weighted by molar-refractivity contribution is 9.10. The number of carbonyl (C=O) groups is 2. The number of carboxylic acid groups (broad SMARTS) is 1. The summed E-state index contributed by atoms with van der Waals surface area (Å²) in [5, 5.41) is 18.9. The fraction of sp³-hybridized carbons (Fsp3) is 0.636. The van der Waals surface area contributed by atoms with E-state index < -0.39 is 18.0 Å². The number of aliphatic hydroxyl groups excluding tert-OH is 1. The van der Waals surface area contributed by atoms with Crippen molar-refractivity contribution in [2.75, 3.05) is 6.54 Å². The number of aliphatic hydroxyl groups is 1. The van der Waals surface area contributed by atoms with E-state index in [2.05, 4.69) is 15.9 Å². The van der Waals surface area contributed by atoms with E-state index in [1.807, 2.05) is 0 Å². The van der Waals surface area contributed by atoms with Gasteiger partial charge in [0, 0.05) is 35.5 Å². The molecule has 2 N–H and O–H groups in total. The molecule has 0 bridgehead atoms. The number of rotatable bonds is 12. The molecular weight excluding hydrogens is 460 g/mol. The minimum atomic E-state index is -3.36. The summed E-state index contributed by atoms with van der Waals surface area (Å²) in [6.07, 6.45) is 3.51. The number of aliphatic carboxylic acids is 1. The van der Waals surface area contributed by atoms with Gasteiger partial charge in [-0.1, -0.05) is 40.9 Å². The van der Waals surface area contributed by atoms with Crippen molar-refractivity contribution in [2.45, 2.75) is 82.3 Å². The van der Waals surface area contributed by atoms with Crippen molar-refractivity contribution in [1.82, 2.24) is 4.90 Å². The Balaban J connectivity index is 1.86. The van der Waals surface area contributed by atoms with Crippen molar-refractivity contribution >= 4 is 27.8 Å². The topological polar surface area (TPSA) is 77.8 Å². The molecule has 1 aromatic carbocycles. The van der Waals surface area contributed by atoms with Crippen LogP contribution in [0.4, 0.5) is 8.78 Å². The lowest BCUT2D eigenvalue weighted by molar-refractivity contribution is -0.138. The van der Waals surface area contributed by atoms with Gasteiger partial charge in [0.15, 0.2) is 0 Å². The number of benzene rings is 1. The molecule has 1 aromatic rings.